The van der Waals surface area contributed by atoms with Gasteiger partial charge in [0.15, 0.2) is 5.96 Å². The Balaban J connectivity index is 0.00000312. The summed E-state index contributed by atoms with van der Waals surface area (Å²) in [5.74, 6) is 0.440. The highest BCUT2D eigenvalue weighted by Gasteiger charge is 2.27. The van der Waals surface area contributed by atoms with Gasteiger partial charge in [0.2, 0.25) is 5.89 Å². The van der Waals surface area contributed by atoms with Crippen molar-refractivity contribution in [3.05, 3.63) is 23.3 Å². The van der Waals surface area contributed by atoms with Gasteiger partial charge in [-0.3, -0.25) is 0 Å². The molecule has 0 aliphatic carbocycles. The standard InChI is InChI=1S/C17H25N5O2.ClH/c1-16(2,3)10-7-9(8-11(12(10)23)17(4,5)6)13-21-22-15(24-13)20-14(18)19;/h7-8,23H,1-6H3,(H4,18,19,20,22);1H. The zero-order chi connectivity index (χ0) is 18.3. The van der Waals surface area contributed by atoms with Crippen molar-refractivity contribution in [2.45, 2.75) is 52.4 Å². The summed E-state index contributed by atoms with van der Waals surface area (Å²) in [5.41, 5.74) is 12.5. The third kappa shape index (κ3) is 4.63. The van der Waals surface area contributed by atoms with E-state index in [1.54, 1.807) is 0 Å². The number of guanidine groups is 1. The smallest absolute Gasteiger partial charge is 0.346 e. The number of benzene rings is 1. The number of hydrogen-bond donors (Lipinski definition) is 3. The second kappa shape index (κ2) is 6.92. The van der Waals surface area contributed by atoms with Crippen LogP contribution in [0.1, 0.15) is 52.7 Å². The predicted molar refractivity (Wildman–Crippen MR) is 102 cm³/mol. The Kier molecular flexibility index (Phi) is 5.74. The number of rotatable bonds is 2. The summed E-state index contributed by atoms with van der Waals surface area (Å²) in [6.45, 7) is 12.2. The maximum Gasteiger partial charge on any atom is 0.346 e. The summed E-state index contributed by atoms with van der Waals surface area (Å²) in [6.07, 6.45) is 0. The van der Waals surface area contributed by atoms with Crippen molar-refractivity contribution < 1.29 is 9.52 Å². The van der Waals surface area contributed by atoms with Crippen LogP contribution in [-0.4, -0.2) is 21.3 Å². The van der Waals surface area contributed by atoms with Crippen molar-refractivity contribution >= 4 is 24.4 Å². The minimum absolute atomic E-state index is 0. The summed E-state index contributed by atoms with van der Waals surface area (Å²) in [7, 11) is 0. The van der Waals surface area contributed by atoms with E-state index in [0.29, 0.717) is 17.2 Å². The van der Waals surface area contributed by atoms with Gasteiger partial charge in [0, 0.05) is 16.7 Å². The van der Waals surface area contributed by atoms with E-state index in [4.69, 9.17) is 15.9 Å². The highest BCUT2D eigenvalue weighted by Crippen LogP contribution is 2.41. The first-order valence-electron chi connectivity index (χ1n) is 7.71. The largest absolute Gasteiger partial charge is 0.507 e. The summed E-state index contributed by atoms with van der Waals surface area (Å²) < 4.78 is 5.50. The molecular formula is C17H26ClN5O2. The van der Waals surface area contributed by atoms with Gasteiger partial charge in [0.25, 0.3) is 0 Å². The van der Waals surface area contributed by atoms with Crippen molar-refractivity contribution in [2.24, 2.45) is 16.5 Å². The number of aromatic nitrogens is 2. The maximum absolute atomic E-state index is 10.7. The van der Waals surface area contributed by atoms with Gasteiger partial charge in [-0.2, -0.15) is 4.99 Å². The van der Waals surface area contributed by atoms with Crippen LogP contribution >= 0.6 is 12.4 Å². The first-order chi connectivity index (χ1) is 10.9. The molecule has 0 spiro atoms. The fourth-order valence-corrected chi connectivity index (χ4v) is 2.39. The predicted octanol–water partition coefficient (Wildman–Crippen LogP) is 3.36. The number of aliphatic imine (C=N–C) groups is 1. The third-order valence-corrected chi connectivity index (χ3v) is 3.61. The lowest BCUT2D eigenvalue weighted by Crippen LogP contribution is -2.21. The summed E-state index contributed by atoms with van der Waals surface area (Å²) >= 11 is 0. The molecule has 0 fully saturated rings. The Labute approximate surface area is 153 Å². The van der Waals surface area contributed by atoms with Gasteiger partial charge in [0.1, 0.15) is 5.75 Å². The Hall–Kier alpha value is -2.28. The van der Waals surface area contributed by atoms with E-state index in [9.17, 15) is 5.11 Å². The van der Waals surface area contributed by atoms with Gasteiger partial charge in [0.05, 0.1) is 0 Å². The molecule has 0 radical (unpaired) electrons. The molecule has 0 unspecified atom stereocenters. The maximum atomic E-state index is 10.7. The molecule has 1 aromatic heterocycles. The lowest BCUT2D eigenvalue weighted by Gasteiger charge is -2.27. The molecule has 0 saturated heterocycles. The summed E-state index contributed by atoms with van der Waals surface area (Å²) in [6, 6.07) is 3.71. The molecule has 1 aromatic carbocycles. The van der Waals surface area contributed by atoms with Crippen LogP contribution in [0.25, 0.3) is 11.5 Å². The van der Waals surface area contributed by atoms with E-state index in [2.05, 4.69) is 15.2 Å². The number of phenols is 1. The Bertz CT molecular complexity index is 746. The van der Waals surface area contributed by atoms with Crippen molar-refractivity contribution in [1.82, 2.24) is 10.2 Å². The van der Waals surface area contributed by atoms with E-state index >= 15 is 0 Å². The number of aromatic hydroxyl groups is 1. The topological polar surface area (TPSA) is 124 Å². The number of nitrogens with two attached hydrogens (primary N) is 2. The SMILES string of the molecule is CC(C)(C)c1cc(-c2nnc(N=C(N)N)o2)cc(C(C)(C)C)c1O.Cl. The Morgan fingerprint density at radius 2 is 1.48 bits per heavy atom. The monoisotopic (exact) mass is 367 g/mol. The van der Waals surface area contributed by atoms with Gasteiger partial charge in [-0.25, -0.2) is 0 Å². The molecule has 0 saturated carbocycles. The Morgan fingerprint density at radius 1 is 1.00 bits per heavy atom. The van der Waals surface area contributed by atoms with Crippen LogP contribution in [0.2, 0.25) is 0 Å². The number of nitrogens with zero attached hydrogens (tertiary/aromatic N) is 3. The first kappa shape index (κ1) is 20.8. The van der Waals surface area contributed by atoms with Crippen LogP contribution in [0.4, 0.5) is 6.01 Å². The number of phenolic OH excluding ortho intramolecular Hbond substituents is 1. The van der Waals surface area contributed by atoms with Crippen molar-refractivity contribution in [3.8, 4) is 17.2 Å². The van der Waals surface area contributed by atoms with Crippen LogP contribution in [0.15, 0.2) is 21.5 Å². The molecule has 0 bridgehead atoms. The van der Waals surface area contributed by atoms with Crippen molar-refractivity contribution in [3.63, 3.8) is 0 Å². The van der Waals surface area contributed by atoms with Gasteiger partial charge in [-0.05, 0) is 23.0 Å². The number of hydrogen-bond acceptors (Lipinski definition) is 5. The van der Waals surface area contributed by atoms with Crippen LogP contribution in [-0.2, 0) is 10.8 Å². The molecule has 0 aliphatic heterocycles. The van der Waals surface area contributed by atoms with E-state index in [1.165, 1.54) is 0 Å². The van der Waals surface area contributed by atoms with Crippen molar-refractivity contribution in [2.75, 3.05) is 0 Å². The molecule has 138 valence electrons. The molecule has 0 aliphatic rings. The quantitative estimate of drug-likeness (QED) is 0.552. The van der Waals surface area contributed by atoms with Crippen molar-refractivity contribution in [1.29, 1.82) is 0 Å². The van der Waals surface area contributed by atoms with E-state index in [0.717, 1.165) is 11.1 Å². The molecule has 5 N–H and O–H groups in total. The fourth-order valence-electron chi connectivity index (χ4n) is 2.39. The lowest BCUT2D eigenvalue weighted by molar-refractivity contribution is 0.423. The van der Waals surface area contributed by atoms with Gasteiger partial charge in [-0.15, -0.1) is 17.5 Å². The molecule has 25 heavy (non-hydrogen) atoms. The molecule has 2 aromatic rings. The molecule has 1 heterocycles. The third-order valence-electron chi connectivity index (χ3n) is 3.61. The molecule has 0 amide bonds. The van der Waals surface area contributed by atoms with Gasteiger partial charge >= 0.3 is 6.01 Å². The molecule has 0 atom stereocenters. The minimum atomic E-state index is -0.247. The van der Waals surface area contributed by atoms with Crippen LogP contribution < -0.4 is 11.5 Å². The summed E-state index contributed by atoms with van der Waals surface area (Å²) in [4.78, 5) is 3.75. The molecule has 8 heteroatoms. The van der Waals surface area contributed by atoms with E-state index in [-0.39, 0.29) is 35.2 Å². The highest BCUT2D eigenvalue weighted by molar-refractivity contribution is 5.85. The summed E-state index contributed by atoms with van der Waals surface area (Å²) in [5, 5.41) is 18.5. The van der Waals surface area contributed by atoms with Gasteiger partial charge in [-0.1, -0.05) is 46.6 Å². The highest BCUT2D eigenvalue weighted by atomic mass is 35.5. The minimum Gasteiger partial charge on any atom is -0.507 e. The molecular weight excluding hydrogens is 342 g/mol. The Morgan fingerprint density at radius 3 is 1.88 bits per heavy atom. The average molecular weight is 368 g/mol. The zero-order valence-electron chi connectivity index (χ0n) is 15.4. The normalized spacial score (nSPS) is 11.8. The van der Waals surface area contributed by atoms with E-state index in [1.807, 2.05) is 53.7 Å². The number of halogens is 1. The van der Waals surface area contributed by atoms with Crippen LogP contribution in [0.5, 0.6) is 5.75 Å². The average Bonchev–Trinajstić information content (AvgIpc) is 2.83. The van der Waals surface area contributed by atoms with Gasteiger partial charge < -0.3 is 21.0 Å². The fraction of sp³-hybridized carbons (Fsp3) is 0.471. The van der Waals surface area contributed by atoms with Crippen LogP contribution in [0, 0.1) is 0 Å². The van der Waals surface area contributed by atoms with Crippen LogP contribution in [0.3, 0.4) is 0 Å². The van der Waals surface area contributed by atoms with E-state index < -0.39 is 0 Å². The zero-order valence-corrected chi connectivity index (χ0v) is 16.2. The molecule has 2 rings (SSSR count). The first-order valence-corrected chi connectivity index (χ1v) is 7.71. The second-order valence-corrected chi connectivity index (χ2v) is 7.85. The lowest BCUT2D eigenvalue weighted by atomic mass is 9.78. The molecule has 7 nitrogen and oxygen atoms in total. The second-order valence-electron chi connectivity index (χ2n) is 7.85.